The molecule has 2 N–H and O–H groups in total. The van der Waals surface area contributed by atoms with Gasteiger partial charge in [-0.15, -0.1) is 35.3 Å². The van der Waals surface area contributed by atoms with Gasteiger partial charge in [-0.1, -0.05) is 29.8 Å². The number of aliphatic imine (C=N–C) groups is 1. The summed E-state index contributed by atoms with van der Waals surface area (Å²) in [5.41, 5.74) is 1.02. The summed E-state index contributed by atoms with van der Waals surface area (Å²) in [6, 6.07) is 7.78. The zero-order chi connectivity index (χ0) is 15.8. The lowest BCUT2D eigenvalue weighted by atomic mass is 10.2. The molecule has 0 saturated heterocycles. The van der Waals surface area contributed by atoms with E-state index in [1.54, 1.807) is 11.3 Å². The van der Waals surface area contributed by atoms with E-state index in [2.05, 4.69) is 34.5 Å². The van der Waals surface area contributed by atoms with Gasteiger partial charge in [-0.2, -0.15) is 0 Å². The molecule has 0 fully saturated rings. The number of nitrogens with zero attached hydrogens (tertiary/aromatic N) is 2. The maximum absolute atomic E-state index is 6.15. The van der Waals surface area contributed by atoms with Gasteiger partial charge in [0.2, 0.25) is 0 Å². The van der Waals surface area contributed by atoms with Crippen LogP contribution in [0.4, 0.5) is 0 Å². The van der Waals surface area contributed by atoms with Gasteiger partial charge in [0.1, 0.15) is 0 Å². The fourth-order valence-electron chi connectivity index (χ4n) is 1.94. The number of hydrogen-bond acceptors (Lipinski definition) is 3. The summed E-state index contributed by atoms with van der Waals surface area (Å²) in [5, 5.41) is 8.47. The van der Waals surface area contributed by atoms with E-state index >= 15 is 0 Å². The van der Waals surface area contributed by atoms with Crippen LogP contribution >= 0.6 is 46.9 Å². The van der Waals surface area contributed by atoms with Gasteiger partial charge in [-0.3, -0.25) is 0 Å². The van der Waals surface area contributed by atoms with E-state index in [0.29, 0.717) is 6.54 Å². The SMILES string of the molecule is CCNC(=NCc1ccccc1Cl)NCCc1ncc(C)s1.I. The smallest absolute Gasteiger partial charge is 0.191 e. The first-order valence-corrected chi connectivity index (χ1v) is 8.55. The molecule has 1 aromatic carbocycles. The van der Waals surface area contributed by atoms with Gasteiger partial charge >= 0.3 is 0 Å². The number of rotatable bonds is 6. The van der Waals surface area contributed by atoms with E-state index in [0.717, 1.165) is 41.1 Å². The Morgan fingerprint density at radius 1 is 1.30 bits per heavy atom. The molecule has 23 heavy (non-hydrogen) atoms. The Bertz CT molecular complexity index is 630. The van der Waals surface area contributed by atoms with Crippen molar-refractivity contribution in [2.45, 2.75) is 26.8 Å². The van der Waals surface area contributed by atoms with Crippen LogP contribution in [0.1, 0.15) is 22.4 Å². The van der Waals surface area contributed by atoms with Crippen molar-refractivity contribution >= 4 is 52.9 Å². The molecule has 0 bridgehead atoms. The van der Waals surface area contributed by atoms with Crippen LogP contribution in [0.25, 0.3) is 0 Å². The summed E-state index contributed by atoms with van der Waals surface area (Å²) in [6.07, 6.45) is 2.81. The molecule has 0 spiro atoms. The molecule has 0 saturated carbocycles. The Hall–Kier alpha value is -0.860. The molecule has 0 radical (unpaired) electrons. The molecule has 2 aromatic rings. The Balaban J connectivity index is 0.00000264. The lowest BCUT2D eigenvalue weighted by Crippen LogP contribution is -2.38. The third kappa shape index (κ3) is 7.05. The average Bonchev–Trinajstić information content (AvgIpc) is 2.92. The molecule has 0 aliphatic rings. The second-order valence-corrected chi connectivity index (χ2v) is 6.55. The van der Waals surface area contributed by atoms with E-state index in [9.17, 15) is 0 Å². The highest BCUT2D eigenvalue weighted by Crippen LogP contribution is 2.15. The molecule has 7 heteroatoms. The number of benzene rings is 1. The Labute approximate surface area is 163 Å². The van der Waals surface area contributed by atoms with Crippen LogP contribution in [0.3, 0.4) is 0 Å². The molecule has 0 unspecified atom stereocenters. The van der Waals surface area contributed by atoms with Crippen LogP contribution in [-0.2, 0) is 13.0 Å². The van der Waals surface area contributed by atoms with Gasteiger partial charge in [0.15, 0.2) is 5.96 Å². The predicted molar refractivity (Wildman–Crippen MR) is 110 cm³/mol. The first-order valence-electron chi connectivity index (χ1n) is 7.36. The van der Waals surface area contributed by atoms with Gasteiger partial charge in [0, 0.05) is 35.6 Å². The number of nitrogens with one attached hydrogen (secondary N) is 2. The number of guanidine groups is 1. The van der Waals surface area contributed by atoms with E-state index < -0.39 is 0 Å². The second-order valence-electron chi connectivity index (χ2n) is 4.83. The summed E-state index contributed by atoms with van der Waals surface area (Å²) < 4.78 is 0. The first-order chi connectivity index (χ1) is 10.7. The molecule has 0 atom stereocenters. The molecule has 0 aliphatic carbocycles. The zero-order valence-corrected chi connectivity index (χ0v) is 17.2. The van der Waals surface area contributed by atoms with Crippen LogP contribution in [0.5, 0.6) is 0 Å². The summed E-state index contributed by atoms with van der Waals surface area (Å²) in [4.78, 5) is 10.2. The maximum Gasteiger partial charge on any atom is 0.191 e. The Morgan fingerprint density at radius 3 is 2.74 bits per heavy atom. The Morgan fingerprint density at radius 2 is 2.09 bits per heavy atom. The highest BCUT2D eigenvalue weighted by Gasteiger charge is 2.02. The van der Waals surface area contributed by atoms with Gasteiger partial charge < -0.3 is 10.6 Å². The van der Waals surface area contributed by atoms with Gasteiger partial charge in [-0.25, -0.2) is 9.98 Å². The molecule has 0 aliphatic heterocycles. The first kappa shape index (κ1) is 20.2. The van der Waals surface area contributed by atoms with Gasteiger partial charge in [-0.05, 0) is 25.5 Å². The van der Waals surface area contributed by atoms with Crippen molar-refractivity contribution in [2.75, 3.05) is 13.1 Å². The standard InChI is InChI=1S/C16H21ClN4S.HI/c1-3-18-16(19-9-8-15-20-10-12(2)22-15)21-11-13-6-4-5-7-14(13)17;/h4-7,10H,3,8-9,11H2,1-2H3,(H2,18,19,21);1H. The minimum Gasteiger partial charge on any atom is -0.357 e. The topological polar surface area (TPSA) is 49.3 Å². The van der Waals surface area contributed by atoms with E-state index in [1.165, 1.54) is 4.88 Å². The predicted octanol–water partition coefficient (Wildman–Crippen LogP) is 4.02. The molecule has 126 valence electrons. The number of halogens is 2. The normalized spacial score (nSPS) is 11.0. The third-order valence-corrected chi connectivity index (χ3v) is 4.35. The summed E-state index contributed by atoms with van der Waals surface area (Å²) >= 11 is 7.89. The van der Waals surface area contributed by atoms with E-state index in [-0.39, 0.29) is 24.0 Å². The van der Waals surface area contributed by atoms with Crippen molar-refractivity contribution in [3.8, 4) is 0 Å². The zero-order valence-electron chi connectivity index (χ0n) is 13.3. The number of thiazole rings is 1. The number of aromatic nitrogens is 1. The van der Waals surface area contributed by atoms with Crippen LogP contribution in [-0.4, -0.2) is 24.0 Å². The number of aryl methyl sites for hydroxylation is 1. The van der Waals surface area contributed by atoms with Crippen LogP contribution < -0.4 is 10.6 Å². The summed E-state index contributed by atoms with van der Waals surface area (Å²) in [7, 11) is 0. The lowest BCUT2D eigenvalue weighted by Gasteiger charge is -2.11. The third-order valence-electron chi connectivity index (χ3n) is 3.01. The van der Waals surface area contributed by atoms with E-state index in [4.69, 9.17) is 11.6 Å². The van der Waals surface area contributed by atoms with Crippen LogP contribution in [0.2, 0.25) is 5.02 Å². The second kappa shape index (κ2) is 10.8. The minimum atomic E-state index is 0. The van der Waals surface area contributed by atoms with Crippen molar-refractivity contribution in [3.63, 3.8) is 0 Å². The van der Waals surface area contributed by atoms with Crippen molar-refractivity contribution in [3.05, 3.63) is 50.9 Å². The molecular formula is C16H22ClIN4S. The quantitative estimate of drug-likeness (QED) is 0.386. The molecule has 2 rings (SSSR count). The fourth-order valence-corrected chi connectivity index (χ4v) is 2.92. The van der Waals surface area contributed by atoms with Crippen LogP contribution in [0, 0.1) is 6.92 Å². The highest BCUT2D eigenvalue weighted by molar-refractivity contribution is 14.0. The van der Waals surface area contributed by atoms with E-state index in [1.807, 2.05) is 30.5 Å². The highest BCUT2D eigenvalue weighted by atomic mass is 127. The summed E-state index contributed by atoms with van der Waals surface area (Å²) in [6.45, 7) is 6.32. The monoisotopic (exact) mass is 464 g/mol. The van der Waals surface area contributed by atoms with Gasteiger partial charge in [0.05, 0.1) is 11.6 Å². The summed E-state index contributed by atoms with van der Waals surface area (Å²) in [5.74, 6) is 0.802. The largest absolute Gasteiger partial charge is 0.357 e. The van der Waals surface area contributed by atoms with Gasteiger partial charge in [0.25, 0.3) is 0 Å². The lowest BCUT2D eigenvalue weighted by molar-refractivity contribution is 0.796. The van der Waals surface area contributed by atoms with Crippen molar-refractivity contribution < 1.29 is 0 Å². The fraction of sp³-hybridized carbons (Fsp3) is 0.375. The van der Waals surface area contributed by atoms with Crippen LogP contribution in [0.15, 0.2) is 35.5 Å². The minimum absolute atomic E-state index is 0. The van der Waals surface area contributed by atoms with Crippen molar-refractivity contribution in [2.24, 2.45) is 4.99 Å². The molecule has 4 nitrogen and oxygen atoms in total. The van der Waals surface area contributed by atoms with Crippen molar-refractivity contribution in [1.29, 1.82) is 0 Å². The number of hydrogen-bond donors (Lipinski definition) is 2. The average molecular weight is 465 g/mol. The maximum atomic E-state index is 6.15. The van der Waals surface area contributed by atoms with Crippen molar-refractivity contribution in [1.82, 2.24) is 15.6 Å². The molecule has 1 aromatic heterocycles. The molecular weight excluding hydrogens is 443 g/mol. The molecule has 1 heterocycles. The molecule has 0 amide bonds. The Kier molecular flexibility index (Phi) is 9.50.